The summed E-state index contributed by atoms with van der Waals surface area (Å²) < 4.78 is 40.0. The Balaban J connectivity index is 1.58. The molecule has 0 radical (unpaired) electrons. The zero-order chi connectivity index (χ0) is 21.4. The van der Waals surface area contributed by atoms with Crippen molar-refractivity contribution >= 4 is 5.95 Å². The maximum absolute atomic E-state index is 13.3. The summed E-state index contributed by atoms with van der Waals surface area (Å²) >= 11 is 0. The van der Waals surface area contributed by atoms with Gasteiger partial charge in [0.15, 0.2) is 0 Å². The molecule has 3 heterocycles. The second-order valence-electron chi connectivity index (χ2n) is 8.30. The summed E-state index contributed by atoms with van der Waals surface area (Å²) in [6, 6.07) is 9.73. The molecule has 3 N–H and O–H groups in total. The van der Waals surface area contributed by atoms with Crippen LogP contribution in [0, 0.1) is 0 Å². The van der Waals surface area contributed by atoms with Crippen molar-refractivity contribution in [3.8, 4) is 22.5 Å². The van der Waals surface area contributed by atoms with Gasteiger partial charge in [0.05, 0.1) is 17.0 Å². The van der Waals surface area contributed by atoms with Crippen LogP contribution in [0.3, 0.4) is 0 Å². The smallest absolute Gasteiger partial charge is 0.358 e. The van der Waals surface area contributed by atoms with E-state index in [4.69, 9.17) is 0 Å². The molecular formula is C23H24F3N5. The summed E-state index contributed by atoms with van der Waals surface area (Å²) in [6.07, 6.45) is 1.48. The van der Waals surface area contributed by atoms with Gasteiger partial charge in [-0.2, -0.15) is 13.2 Å². The van der Waals surface area contributed by atoms with E-state index in [1.807, 2.05) is 6.07 Å². The van der Waals surface area contributed by atoms with Crippen LogP contribution >= 0.6 is 0 Å². The summed E-state index contributed by atoms with van der Waals surface area (Å²) in [6.45, 7) is 1.86. The highest BCUT2D eigenvalue weighted by Gasteiger charge is 2.31. The fraction of sp³-hybridized carbons (Fsp3) is 0.391. The van der Waals surface area contributed by atoms with Crippen molar-refractivity contribution in [2.45, 2.75) is 43.8 Å². The number of benzene rings is 1. The van der Waals surface area contributed by atoms with E-state index in [9.17, 15) is 13.2 Å². The van der Waals surface area contributed by atoms with Crippen LogP contribution in [0.4, 0.5) is 19.1 Å². The maximum Gasteiger partial charge on any atom is 0.416 e. The van der Waals surface area contributed by atoms with E-state index < -0.39 is 11.7 Å². The van der Waals surface area contributed by atoms with Gasteiger partial charge in [0, 0.05) is 29.4 Å². The number of rotatable bonds is 5. The summed E-state index contributed by atoms with van der Waals surface area (Å²) in [7, 11) is 0. The molecule has 0 bridgehead atoms. The predicted octanol–water partition coefficient (Wildman–Crippen LogP) is 5.20. The van der Waals surface area contributed by atoms with Gasteiger partial charge in [-0.05, 0) is 68.6 Å². The minimum absolute atomic E-state index is 0.338. The first-order chi connectivity index (χ1) is 15.0. The van der Waals surface area contributed by atoms with Crippen molar-refractivity contribution in [1.82, 2.24) is 20.3 Å². The molecule has 162 valence electrons. The van der Waals surface area contributed by atoms with Crippen molar-refractivity contribution in [1.29, 1.82) is 0 Å². The first-order valence-corrected chi connectivity index (χ1v) is 10.7. The van der Waals surface area contributed by atoms with Gasteiger partial charge < -0.3 is 15.6 Å². The molecule has 3 aromatic rings. The van der Waals surface area contributed by atoms with E-state index in [1.165, 1.54) is 12.1 Å². The van der Waals surface area contributed by atoms with Gasteiger partial charge in [0.1, 0.15) is 0 Å². The van der Waals surface area contributed by atoms with Crippen molar-refractivity contribution in [3.63, 3.8) is 0 Å². The molecular weight excluding hydrogens is 403 g/mol. The van der Waals surface area contributed by atoms with Crippen LogP contribution in [-0.4, -0.2) is 34.1 Å². The molecule has 0 unspecified atom stereocenters. The molecule has 1 saturated heterocycles. The molecule has 1 aliphatic carbocycles. The Bertz CT molecular complexity index is 1070. The average Bonchev–Trinajstić information content (AvgIpc) is 3.47. The summed E-state index contributed by atoms with van der Waals surface area (Å²) in [4.78, 5) is 12.4. The van der Waals surface area contributed by atoms with Crippen molar-refractivity contribution in [3.05, 3.63) is 53.9 Å². The van der Waals surface area contributed by atoms with Crippen LogP contribution in [0.2, 0.25) is 0 Å². The topological polar surface area (TPSA) is 65.6 Å². The summed E-state index contributed by atoms with van der Waals surface area (Å²) in [5.74, 6) is 0.894. The van der Waals surface area contributed by atoms with Crippen LogP contribution < -0.4 is 10.6 Å². The third-order valence-electron chi connectivity index (χ3n) is 5.94. The van der Waals surface area contributed by atoms with Crippen LogP contribution in [0.25, 0.3) is 22.5 Å². The maximum atomic E-state index is 13.3. The van der Waals surface area contributed by atoms with Crippen molar-refractivity contribution in [2.24, 2.45) is 0 Å². The number of aromatic nitrogens is 3. The summed E-state index contributed by atoms with van der Waals surface area (Å²) in [5.41, 5.74) is 3.04. The van der Waals surface area contributed by atoms with E-state index in [0.29, 0.717) is 34.9 Å². The lowest BCUT2D eigenvalue weighted by Gasteiger charge is -2.21. The molecule has 1 aromatic carbocycles. The van der Waals surface area contributed by atoms with Gasteiger partial charge in [0.2, 0.25) is 5.95 Å². The lowest BCUT2D eigenvalue weighted by molar-refractivity contribution is -0.137. The first-order valence-electron chi connectivity index (χ1n) is 10.7. The Labute approximate surface area is 178 Å². The molecule has 0 atom stereocenters. The lowest BCUT2D eigenvalue weighted by Crippen LogP contribution is -2.26. The van der Waals surface area contributed by atoms with E-state index in [1.54, 1.807) is 12.3 Å². The van der Waals surface area contributed by atoms with Crippen LogP contribution in [0.15, 0.2) is 42.6 Å². The highest BCUT2D eigenvalue weighted by atomic mass is 19.4. The Morgan fingerprint density at radius 2 is 1.81 bits per heavy atom. The molecule has 31 heavy (non-hydrogen) atoms. The van der Waals surface area contributed by atoms with Gasteiger partial charge in [0.25, 0.3) is 0 Å². The fourth-order valence-electron chi connectivity index (χ4n) is 4.10. The molecule has 1 saturated carbocycles. The molecule has 2 aromatic heterocycles. The number of hydrogen-bond acceptors (Lipinski definition) is 4. The van der Waals surface area contributed by atoms with Gasteiger partial charge >= 0.3 is 6.18 Å². The van der Waals surface area contributed by atoms with Crippen LogP contribution in [0.1, 0.15) is 42.9 Å². The normalized spacial score (nSPS) is 17.6. The molecule has 1 aliphatic heterocycles. The fourth-order valence-corrected chi connectivity index (χ4v) is 4.10. The second kappa shape index (κ2) is 8.00. The second-order valence-corrected chi connectivity index (χ2v) is 8.30. The molecule has 2 aliphatic rings. The Morgan fingerprint density at radius 1 is 1.00 bits per heavy atom. The summed E-state index contributed by atoms with van der Waals surface area (Å²) in [5, 5.41) is 6.65. The van der Waals surface area contributed by atoms with Gasteiger partial charge in [-0.3, -0.25) is 0 Å². The van der Waals surface area contributed by atoms with E-state index in [-0.39, 0.29) is 0 Å². The molecule has 0 spiro atoms. The van der Waals surface area contributed by atoms with Gasteiger partial charge in [-0.15, -0.1) is 0 Å². The standard InChI is InChI=1S/C23H24F3N5/c24-23(25,26)16-3-1-2-15(12-16)21-18(13-20(30-21)14-6-9-27-10-7-14)19-8-11-28-22(31-19)29-17-4-5-17/h1-3,8,11-14,17,27,30H,4-7,9-10H2,(H,28,29,31). The zero-order valence-corrected chi connectivity index (χ0v) is 17.0. The third kappa shape index (κ3) is 4.44. The number of aromatic amines is 1. The van der Waals surface area contributed by atoms with E-state index in [0.717, 1.165) is 56.1 Å². The number of H-pyrrole nitrogens is 1. The number of hydrogen-bond donors (Lipinski definition) is 3. The number of nitrogens with one attached hydrogen (secondary N) is 3. The van der Waals surface area contributed by atoms with Gasteiger partial charge in [-0.25, -0.2) is 9.97 Å². The monoisotopic (exact) mass is 427 g/mol. The molecule has 0 amide bonds. The predicted molar refractivity (Wildman–Crippen MR) is 114 cm³/mol. The highest BCUT2D eigenvalue weighted by molar-refractivity contribution is 5.81. The Kier molecular flexibility index (Phi) is 5.17. The largest absolute Gasteiger partial charge is 0.416 e. The van der Waals surface area contributed by atoms with Gasteiger partial charge in [-0.1, -0.05) is 12.1 Å². The minimum Gasteiger partial charge on any atom is -0.358 e. The zero-order valence-electron chi connectivity index (χ0n) is 17.0. The first kappa shape index (κ1) is 20.1. The Morgan fingerprint density at radius 3 is 2.55 bits per heavy atom. The Hall–Kier alpha value is -2.87. The van der Waals surface area contributed by atoms with Crippen LogP contribution in [0.5, 0.6) is 0 Å². The molecule has 5 rings (SSSR count). The number of anilines is 1. The highest BCUT2D eigenvalue weighted by Crippen LogP contribution is 2.38. The van der Waals surface area contributed by atoms with Crippen molar-refractivity contribution in [2.75, 3.05) is 18.4 Å². The average molecular weight is 427 g/mol. The number of halogens is 3. The molecule has 8 heteroatoms. The molecule has 2 fully saturated rings. The number of piperidine rings is 1. The minimum atomic E-state index is -4.39. The molecule has 5 nitrogen and oxygen atoms in total. The quantitative estimate of drug-likeness (QED) is 0.524. The number of nitrogens with zero attached hydrogens (tertiary/aromatic N) is 2. The lowest BCUT2D eigenvalue weighted by atomic mass is 9.94. The van der Waals surface area contributed by atoms with Crippen molar-refractivity contribution < 1.29 is 13.2 Å². The number of alkyl halides is 3. The van der Waals surface area contributed by atoms with Crippen LogP contribution in [-0.2, 0) is 6.18 Å². The van der Waals surface area contributed by atoms with E-state index in [2.05, 4.69) is 31.7 Å². The third-order valence-corrected chi connectivity index (χ3v) is 5.94. The SMILES string of the molecule is FC(F)(F)c1cccc(-c2[nH]c(C3CCNCC3)cc2-c2ccnc(NC3CC3)n2)c1. The van der Waals surface area contributed by atoms with E-state index >= 15 is 0 Å².